The lowest BCUT2D eigenvalue weighted by molar-refractivity contribution is -0.384. The Morgan fingerprint density at radius 1 is 1.27 bits per heavy atom. The molecule has 0 unspecified atom stereocenters. The molecular formula is C20H18FN5O4. The Balaban J connectivity index is 1.65. The molecule has 1 aliphatic rings. The molecule has 1 saturated heterocycles. The lowest BCUT2D eigenvalue weighted by atomic mass is 10.1. The second-order valence-electron chi connectivity index (χ2n) is 6.85. The molecule has 0 aliphatic carbocycles. The van der Waals surface area contributed by atoms with Crippen LogP contribution in [0.2, 0.25) is 0 Å². The highest BCUT2D eigenvalue weighted by atomic mass is 19.1. The molecule has 0 saturated carbocycles. The summed E-state index contributed by atoms with van der Waals surface area (Å²) in [5.74, 6) is -0.168. The Morgan fingerprint density at radius 2 is 2.03 bits per heavy atom. The van der Waals surface area contributed by atoms with Crippen LogP contribution in [0.15, 0.2) is 53.6 Å². The fourth-order valence-corrected chi connectivity index (χ4v) is 3.37. The second-order valence-corrected chi connectivity index (χ2v) is 6.85. The lowest BCUT2D eigenvalue weighted by Crippen LogP contribution is -2.41. The van der Waals surface area contributed by atoms with Gasteiger partial charge in [-0.25, -0.2) is 9.37 Å². The van der Waals surface area contributed by atoms with Gasteiger partial charge in [0.2, 0.25) is 5.95 Å². The molecule has 0 spiro atoms. The number of nitro groups is 1. The van der Waals surface area contributed by atoms with Crippen LogP contribution in [0.3, 0.4) is 0 Å². The molecule has 0 radical (unpaired) electrons. The molecule has 4 rings (SSSR count). The van der Waals surface area contributed by atoms with E-state index in [1.807, 2.05) is 4.90 Å². The van der Waals surface area contributed by atoms with E-state index in [-0.39, 0.29) is 28.6 Å². The molecule has 154 valence electrons. The first kappa shape index (κ1) is 19.6. The maximum atomic E-state index is 14.2. The molecule has 1 atom stereocenters. The van der Waals surface area contributed by atoms with Crippen molar-refractivity contribution in [3.05, 3.63) is 80.6 Å². The SMILES string of the molecule is Cn1c(N2CCO[C@@H](c3ccc([N+](=O)[O-])cc3)C2)nc(-c2ccncc2F)cc1=O. The summed E-state index contributed by atoms with van der Waals surface area (Å²) in [5.41, 5.74) is 0.897. The van der Waals surface area contributed by atoms with Gasteiger partial charge in [0.1, 0.15) is 6.10 Å². The van der Waals surface area contributed by atoms with Gasteiger partial charge in [0.05, 0.1) is 30.0 Å². The van der Waals surface area contributed by atoms with Gasteiger partial charge in [-0.1, -0.05) is 0 Å². The predicted octanol–water partition coefficient (Wildman–Crippen LogP) is 2.47. The predicted molar refractivity (Wildman–Crippen MR) is 107 cm³/mol. The van der Waals surface area contributed by atoms with Gasteiger partial charge < -0.3 is 9.64 Å². The number of non-ortho nitro benzene ring substituents is 1. The lowest BCUT2D eigenvalue weighted by Gasteiger charge is -2.34. The molecular weight excluding hydrogens is 393 g/mol. The Hall–Kier alpha value is -3.66. The summed E-state index contributed by atoms with van der Waals surface area (Å²) < 4.78 is 21.4. The first-order valence-corrected chi connectivity index (χ1v) is 9.23. The van der Waals surface area contributed by atoms with Gasteiger partial charge >= 0.3 is 0 Å². The molecule has 0 N–H and O–H groups in total. The molecule has 2 aromatic heterocycles. The summed E-state index contributed by atoms with van der Waals surface area (Å²) in [6.45, 7) is 1.26. The molecule has 30 heavy (non-hydrogen) atoms. The molecule has 10 heteroatoms. The number of hydrogen-bond donors (Lipinski definition) is 0. The van der Waals surface area contributed by atoms with Crippen molar-refractivity contribution in [2.75, 3.05) is 24.6 Å². The number of nitrogens with zero attached hydrogens (tertiary/aromatic N) is 5. The van der Waals surface area contributed by atoms with E-state index in [2.05, 4.69) is 9.97 Å². The molecule has 1 aliphatic heterocycles. The van der Waals surface area contributed by atoms with Gasteiger partial charge in [0.25, 0.3) is 11.2 Å². The first-order chi connectivity index (χ1) is 14.4. The van der Waals surface area contributed by atoms with E-state index in [4.69, 9.17) is 4.74 Å². The van der Waals surface area contributed by atoms with Crippen LogP contribution in [-0.4, -0.2) is 39.2 Å². The molecule has 1 aromatic carbocycles. The second kappa shape index (κ2) is 7.99. The standard InChI is InChI=1S/C20H18FN5O4/c1-24-19(27)10-17(15-6-7-22-11-16(15)21)23-20(24)25-8-9-30-18(12-25)13-2-4-14(5-3-13)26(28)29/h2-7,10-11,18H,8-9,12H2,1H3/t18-/m1/s1. The van der Waals surface area contributed by atoms with Crippen LogP contribution in [0.1, 0.15) is 11.7 Å². The van der Waals surface area contributed by atoms with Gasteiger partial charge in [-0.2, -0.15) is 0 Å². The maximum Gasteiger partial charge on any atom is 0.269 e. The number of aromatic nitrogens is 3. The summed E-state index contributed by atoms with van der Waals surface area (Å²) in [6.07, 6.45) is 2.17. The van der Waals surface area contributed by atoms with Gasteiger partial charge in [0, 0.05) is 43.6 Å². The number of anilines is 1. The van der Waals surface area contributed by atoms with Gasteiger partial charge in [-0.15, -0.1) is 0 Å². The van der Waals surface area contributed by atoms with Gasteiger partial charge in [-0.3, -0.25) is 24.5 Å². The van der Waals surface area contributed by atoms with Crippen molar-refractivity contribution in [1.82, 2.24) is 14.5 Å². The minimum Gasteiger partial charge on any atom is -0.370 e. The number of benzene rings is 1. The maximum absolute atomic E-state index is 14.2. The Labute approximate surface area is 170 Å². The minimum atomic E-state index is -0.560. The summed E-state index contributed by atoms with van der Waals surface area (Å²) in [7, 11) is 1.60. The number of morpholine rings is 1. The highest BCUT2D eigenvalue weighted by Crippen LogP contribution is 2.27. The van der Waals surface area contributed by atoms with Crippen molar-refractivity contribution in [3.63, 3.8) is 0 Å². The molecule has 9 nitrogen and oxygen atoms in total. The summed E-state index contributed by atoms with van der Waals surface area (Å²) in [4.78, 5) is 33.1. The fourth-order valence-electron chi connectivity index (χ4n) is 3.37. The van der Waals surface area contributed by atoms with E-state index in [9.17, 15) is 19.3 Å². The highest BCUT2D eigenvalue weighted by molar-refractivity contribution is 5.60. The number of nitro benzene ring substituents is 1. The van der Waals surface area contributed by atoms with Crippen LogP contribution >= 0.6 is 0 Å². The van der Waals surface area contributed by atoms with E-state index in [1.54, 1.807) is 19.2 Å². The first-order valence-electron chi connectivity index (χ1n) is 9.23. The molecule has 0 bridgehead atoms. The monoisotopic (exact) mass is 411 g/mol. The van der Waals surface area contributed by atoms with E-state index in [0.29, 0.717) is 25.6 Å². The van der Waals surface area contributed by atoms with Crippen LogP contribution in [0.4, 0.5) is 16.0 Å². The van der Waals surface area contributed by atoms with Crippen LogP contribution in [-0.2, 0) is 11.8 Å². The zero-order valence-corrected chi connectivity index (χ0v) is 16.1. The van der Waals surface area contributed by atoms with Crippen molar-refractivity contribution >= 4 is 11.6 Å². The summed E-state index contributed by atoms with van der Waals surface area (Å²) >= 11 is 0. The Kier molecular flexibility index (Phi) is 5.23. The topological polar surface area (TPSA) is 103 Å². The Morgan fingerprint density at radius 3 is 2.73 bits per heavy atom. The van der Waals surface area contributed by atoms with E-state index in [0.717, 1.165) is 11.8 Å². The van der Waals surface area contributed by atoms with Crippen molar-refractivity contribution in [1.29, 1.82) is 0 Å². The molecule has 3 aromatic rings. The van der Waals surface area contributed by atoms with E-state index < -0.39 is 10.7 Å². The normalized spacial score (nSPS) is 16.5. The number of ether oxygens (including phenoxy) is 1. The van der Waals surface area contributed by atoms with E-state index in [1.165, 1.54) is 35.0 Å². The number of halogens is 1. The van der Waals surface area contributed by atoms with Crippen LogP contribution < -0.4 is 10.5 Å². The van der Waals surface area contributed by atoms with Crippen molar-refractivity contribution in [2.24, 2.45) is 7.05 Å². The van der Waals surface area contributed by atoms with Crippen molar-refractivity contribution in [3.8, 4) is 11.3 Å². The van der Waals surface area contributed by atoms with Crippen LogP contribution in [0.5, 0.6) is 0 Å². The summed E-state index contributed by atoms with van der Waals surface area (Å²) in [6, 6.07) is 8.93. The molecule has 3 heterocycles. The fraction of sp³-hybridized carbons (Fsp3) is 0.250. The third kappa shape index (κ3) is 3.77. The van der Waals surface area contributed by atoms with Crippen LogP contribution in [0.25, 0.3) is 11.3 Å². The number of hydrogen-bond acceptors (Lipinski definition) is 7. The molecule has 1 fully saturated rings. The average molecular weight is 411 g/mol. The van der Waals surface area contributed by atoms with Gasteiger partial charge in [-0.05, 0) is 23.8 Å². The Bertz CT molecular complexity index is 1150. The number of rotatable bonds is 4. The third-order valence-electron chi connectivity index (χ3n) is 4.98. The van der Waals surface area contributed by atoms with E-state index >= 15 is 0 Å². The zero-order chi connectivity index (χ0) is 21.3. The van der Waals surface area contributed by atoms with Crippen molar-refractivity contribution < 1.29 is 14.1 Å². The quantitative estimate of drug-likeness (QED) is 0.480. The minimum absolute atomic E-state index is 0.00237. The van der Waals surface area contributed by atoms with Crippen LogP contribution in [0, 0.1) is 15.9 Å². The highest BCUT2D eigenvalue weighted by Gasteiger charge is 2.26. The van der Waals surface area contributed by atoms with Crippen molar-refractivity contribution in [2.45, 2.75) is 6.10 Å². The smallest absolute Gasteiger partial charge is 0.269 e. The summed E-state index contributed by atoms with van der Waals surface area (Å²) in [5, 5.41) is 10.9. The largest absolute Gasteiger partial charge is 0.370 e. The zero-order valence-electron chi connectivity index (χ0n) is 16.1. The third-order valence-corrected chi connectivity index (χ3v) is 4.98. The molecule has 0 amide bonds. The average Bonchev–Trinajstić information content (AvgIpc) is 2.76. The number of pyridine rings is 1. The van der Waals surface area contributed by atoms with Gasteiger partial charge in [0.15, 0.2) is 5.82 Å².